The molecule has 6 nitrogen and oxygen atoms in total. The molecule has 0 unspecified atom stereocenters. The predicted molar refractivity (Wildman–Crippen MR) is 102 cm³/mol. The highest BCUT2D eigenvalue weighted by Gasteiger charge is 2.16. The number of methoxy groups -OCH3 is 1. The van der Waals surface area contributed by atoms with Crippen molar-refractivity contribution in [2.45, 2.75) is 20.4 Å². The molecule has 0 atom stereocenters. The van der Waals surface area contributed by atoms with Crippen molar-refractivity contribution in [1.82, 2.24) is 14.8 Å². The number of carbonyl (C=O) groups is 1. The summed E-state index contributed by atoms with van der Waals surface area (Å²) in [6, 6.07) is 10.7. The number of benzene rings is 1. The number of rotatable bonds is 4. The lowest BCUT2D eigenvalue weighted by Crippen LogP contribution is -2.08. The maximum Gasteiger partial charge on any atom is 0.337 e. The van der Waals surface area contributed by atoms with Gasteiger partial charge in [-0.2, -0.15) is 10.4 Å². The fraction of sp³-hybridized carbons (Fsp3) is 0.200. The molecule has 0 radical (unpaired) electrons. The van der Waals surface area contributed by atoms with E-state index < -0.39 is 5.97 Å². The van der Waals surface area contributed by atoms with Gasteiger partial charge in [-0.05, 0) is 43.7 Å². The van der Waals surface area contributed by atoms with E-state index in [1.165, 1.54) is 7.11 Å². The molecule has 0 aliphatic carbocycles. The van der Waals surface area contributed by atoms with Crippen molar-refractivity contribution >= 4 is 17.6 Å². The van der Waals surface area contributed by atoms with Crippen molar-refractivity contribution < 1.29 is 9.53 Å². The number of aryl methyl sites for hydroxylation is 1. The molecule has 136 valence electrons. The standard InChI is InChI=1S/C20H17ClN4O2/c1-12-19(14-4-5-16(10-22)18(21)9-14)13(2)25(24-12)11-17-8-15(6-7-23-17)20(26)27-3/h4-9H,11H2,1-3H3. The predicted octanol–water partition coefficient (Wildman–Crippen LogP) is 3.92. The Morgan fingerprint density at radius 3 is 2.74 bits per heavy atom. The van der Waals surface area contributed by atoms with E-state index in [-0.39, 0.29) is 0 Å². The van der Waals surface area contributed by atoms with Crippen LogP contribution in [0.5, 0.6) is 0 Å². The van der Waals surface area contributed by atoms with Crippen molar-refractivity contribution in [1.29, 1.82) is 5.26 Å². The zero-order valence-corrected chi connectivity index (χ0v) is 15.9. The highest BCUT2D eigenvalue weighted by atomic mass is 35.5. The molecule has 2 heterocycles. The topological polar surface area (TPSA) is 80.8 Å². The number of carbonyl (C=O) groups excluding carboxylic acids is 1. The van der Waals surface area contributed by atoms with Gasteiger partial charge in [0.05, 0.1) is 41.2 Å². The van der Waals surface area contributed by atoms with Gasteiger partial charge in [0.15, 0.2) is 0 Å². The number of nitriles is 1. The summed E-state index contributed by atoms with van der Waals surface area (Å²) in [6.07, 6.45) is 1.58. The average Bonchev–Trinajstić information content (AvgIpc) is 2.94. The van der Waals surface area contributed by atoms with E-state index in [1.807, 2.05) is 24.6 Å². The number of hydrogen-bond acceptors (Lipinski definition) is 5. The first-order valence-corrected chi connectivity index (χ1v) is 8.59. The Bertz CT molecular complexity index is 1070. The summed E-state index contributed by atoms with van der Waals surface area (Å²) in [5.74, 6) is -0.403. The summed E-state index contributed by atoms with van der Waals surface area (Å²) in [4.78, 5) is 16.0. The molecule has 3 aromatic rings. The molecule has 0 saturated carbocycles. The van der Waals surface area contributed by atoms with Crippen LogP contribution < -0.4 is 0 Å². The first kappa shape index (κ1) is 18.6. The Hall–Kier alpha value is -3.17. The Balaban J connectivity index is 1.96. The fourth-order valence-corrected chi connectivity index (χ4v) is 3.22. The van der Waals surface area contributed by atoms with Crippen LogP contribution >= 0.6 is 11.6 Å². The molecule has 0 amide bonds. The van der Waals surface area contributed by atoms with Crippen LogP contribution in [-0.2, 0) is 11.3 Å². The second kappa shape index (κ2) is 7.60. The van der Waals surface area contributed by atoms with Gasteiger partial charge in [0.25, 0.3) is 0 Å². The third kappa shape index (κ3) is 3.69. The maximum atomic E-state index is 11.7. The minimum absolute atomic E-state index is 0.403. The average molecular weight is 381 g/mol. The Labute approximate surface area is 162 Å². The summed E-state index contributed by atoms with van der Waals surface area (Å²) < 4.78 is 6.59. The largest absolute Gasteiger partial charge is 0.465 e. The molecule has 1 aromatic carbocycles. The number of esters is 1. The molecule has 3 rings (SSSR count). The number of aromatic nitrogens is 3. The lowest BCUT2D eigenvalue weighted by atomic mass is 10.0. The fourth-order valence-electron chi connectivity index (χ4n) is 2.99. The SMILES string of the molecule is COC(=O)c1ccnc(Cn2nc(C)c(-c3ccc(C#N)c(Cl)c3)c2C)c1. The lowest BCUT2D eigenvalue weighted by molar-refractivity contribution is 0.0600. The molecule has 0 bridgehead atoms. The maximum absolute atomic E-state index is 11.7. The number of ether oxygens (including phenoxy) is 1. The Morgan fingerprint density at radius 1 is 1.30 bits per heavy atom. The molecule has 0 aliphatic rings. The van der Waals surface area contributed by atoms with Gasteiger partial charge in [0.1, 0.15) is 6.07 Å². The van der Waals surface area contributed by atoms with Crippen LogP contribution in [0.4, 0.5) is 0 Å². The third-order valence-electron chi connectivity index (χ3n) is 4.31. The minimum atomic E-state index is -0.403. The van der Waals surface area contributed by atoms with E-state index in [0.29, 0.717) is 28.4 Å². The smallest absolute Gasteiger partial charge is 0.337 e. The quantitative estimate of drug-likeness (QED) is 0.641. The van der Waals surface area contributed by atoms with Gasteiger partial charge in [0, 0.05) is 17.5 Å². The van der Waals surface area contributed by atoms with Crippen LogP contribution in [0.1, 0.15) is 33.0 Å². The van der Waals surface area contributed by atoms with Crippen LogP contribution in [0, 0.1) is 25.2 Å². The molecular weight excluding hydrogens is 364 g/mol. The highest BCUT2D eigenvalue weighted by Crippen LogP contribution is 2.30. The second-order valence-electron chi connectivity index (χ2n) is 6.04. The first-order valence-electron chi connectivity index (χ1n) is 8.22. The van der Waals surface area contributed by atoms with Gasteiger partial charge in [-0.3, -0.25) is 9.67 Å². The molecule has 0 saturated heterocycles. The van der Waals surface area contributed by atoms with Crippen molar-refractivity contribution in [3.63, 3.8) is 0 Å². The van der Waals surface area contributed by atoms with E-state index in [1.54, 1.807) is 30.5 Å². The Kier molecular flexibility index (Phi) is 5.24. The van der Waals surface area contributed by atoms with Crippen LogP contribution in [0.15, 0.2) is 36.5 Å². The monoisotopic (exact) mass is 380 g/mol. The molecule has 0 spiro atoms. The number of hydrogen-bond donors (Lipinski definition) is 0. The Morgan fingerprint density at radius 2 is 2.07 bits per heavy atom. The van der Waals surface area contributed by atoms with Gasteiger partial charge >= 0.3 is 5.97 Å². The van der Waals surface area contributed by atoms with Crippen molar-refractivity contribution in [3.05, 3.63) is 69.8 Å². The van der Waals surface area contributed by atoms with Crippen LogP contribution in [0.25, 0.3) is 11.1 Å². The van der Waals surface area contributed by atoms with Gasteiger partial charge in [-0.1, -0.05) is 17.7 Å². The van der Waals surface area contributed by atoms with Crippen LogP contribution in [0.2, 0.25) is 5.02 Å². The number of nitrogens with zero attached hydrogens (tertiary/aromatic N) is 4. The van der Waals surface area contributed by atoms with E-state index in [9.17, 15) is 4.79 Å². The minimum Gasteiger partial charge on any atom is -0.465 e. The van der Waals surface area contributed by atoms with Crippen LogP contribution in [-0.4, -0.2) is 27.8 Å². The van der Waals surface area contributed by atoms with Gasteiger partial charge in [0.2, 0.25) is 0 Å². The van der Waals surface area contributed by atoms with E-state index in [2.05, 4.69) is 16.2 Å². The molecule has 7 heteroatoms. The third-order valence-corrected chi connectivity index (χ3v) is 4.62. The second-order valence-corrected chi connectivity index (χ2v) is 6.44. The van der Waals surface area contributed by atoms with Gasteiger partial charge in [-0.25, -0.2) is 4.79 Å². The molecule has 27 heavy (non-hydrogen) atoms. The number of pyridine rings is 1. The van der Waals surface area contributed by atoms with Crippen molar-refractivity contribution in [2.24, 2.45) is 0 Å². The lowest BCUT2D eigenvalue weighted by Gasteiger charge is -2.07. The molecule has 0 N–H and O–H groups in total. The molecular formula is C20H17ClN4O2. The normalized spacial score (nSPS) is 10.5. The summed E-state index contributed by atoms with van der Waals surface area (Å²) >= 11 is 6.18. The molecule has 0 fully saturated rings. The van der Waals surface area contributed by atoms with Crippen molar-refractivity contribution in [2.75, 3.05) is 7.11 Å². The summed E-state index contributed by atoms with van der Waals surface area (Å²) in [6.45, 7) is 4.30. The van der Waals surface area contributed by atoms with Crippen molar-refractivity contribution in [3.8, 4) is 17.2 Å². The number of halogens is 1. The highest BCUT2D eigenvalue weighted by molar-refractivity contribution is 6.32. The molecule has 0 aliphatic heterocycles. The molecule has 2 aromatic heterocycles. The summed E-state index contributed by atoms with van der Waals surface area (Å²) in [7, 11) is 1.35. The van der Waals surface area contributed by atoms with Gasteiger partial charge in [-0.15, -0.1) is 0 Å². The van der Waals surface area contributed by atoms with Gasteiger partial charge < -0.3 is 4.74 Å². The van der Waals surface area contributed by atoms with Crippen LogP contribution in [0.3, 0.4) is 0 Å². The van der Waals surface area contributed by atoms with E-state index in [0.717, 1.165) is 22.5 Å². The van der Waals surface area contributed by atoms with E-state index >= 15 is 0 Å². The van der Waals surface area contributed by atoms with E-state index in [4.69, 9.17) is 21.6 Å². The summed E-state index contributed by atoms with van der Waals surface area (Å²) in [5.41, 5.74) is 5.24. The first-order chi connectivity index (χ1) is 12.9. The summed E-state index contributed by atoms with van der Waals surface area (Å²) in [5, 5.41) is 14.1. The zero-order valence-electron chi connectivity index (χ0n) is 15.2. The zero-order chi connectivity index (χ0) is 19.6.